The number of amides is 2. The number of aromatic nitrogens is 2. The zero-order valence-corrected chi connectivity index (χ0v) is 18.6. The van der Waals surface area contributed by atoms with Crippen LogP contribution in [0.5, 0.6) is 11.5 Å². The fourth-order valence-corrected chi connectivity index (χ4v) is 3.74. The number of nitrogens with one attached hydrogen (secondary N) is 1. The summed E-state index contributed by atoms with van der Waals surface area (Å²) in [6.45, 7) is 1.99. The highest BCUT2D eigenvalue weighted by Gasteiger charge is 2.25. The minimum Gasteiger partial charge on any atom is -0.493 e. The van der Waals surface area contributed by atoms with Crippen LogP contribution in [-0.4, -0.2) is 67.1 Å². The van der Waals surface area contributed by atoms with E-state index in [1.807, 2.05) is 23.1 Å². The van der Waals surface area contributed by atoms with Gasteiger partial charge in [0.05, 0.1) is 19.7 Å². The number of hydrogen-bond acceptors (Lipinski definition) is 8. The third-order valence-corrected chi connectivity index (χ3v) is 5.50. The second-order valence-electron chi connectivity index (χ2n) is 7.59. The number of fused-ring (bicyclic) bond motifs is 1. The van der Waals surface area contributed by atoms with Crippen molar-refractivity contribution in [1.82, 2.24) is 14.9 Å². The molecule has 1 aliphatic heterocycles. The molecule has 172 valence electrons. The number of carbonyl (C=O) groups is 2. The predicted molar refractivity (Wildman–Crippen MR) is 126 cm³/mol. The van der Waals surface area contributed by atoms with Gasteiger partial charge in [-0.05, 0) is 18.2 Å². The van der Waals surface area contributed by atoms with E-state index in [-0.39, 0.29) is 18.2 Å². The highest BCUT2D eigenvalue weighted by molar-refractivity contribution is 6.03. The first kappa shape index (κ1) is 22.1. The minimum absolute atomic E-state index is 0.198. The van der Waals surface area contributed by atoms with Crippen molar-refractivity contribution >= 4 is 40.2 Å². The SMILES string of the molecule is COc1cc2nc(N3CCN(C(=O)CC(=O)Nc4ccccc4)CC3)nc(N)c2cc1OC. The van der Waals surface area contributed by atoms with E-state index < -0.39 is 0 Å². The van der Waals surface area contributed by atoms with Crippen molar-refractivity contribution in [3.05, 3.63) is 42.5 Å². The second-order valence-corrected chi connectivity index (χ2v) is 7.59. The van der Waals surface area contributed by atoms with E-state index in [2.05, 4.69) is 15.3 Å². The van der Waals surface area contributed by atoms with Crippen LogP contribution >= 0.6 is 0 Å². The van der Waals surface area contributed by atoms with Crippen LogP contribution in [0.3, 0.4) is 0 Å². The molecule has 0 spiro atoms. The van der Waals surface area contributed by atoms with Gasteiger partial charge in [0.1, 0.15) is 12.2 Å². The molecule has 2 heterocycles. The molecule has 0 saturated carbocycles. The minimum atomic E-state index is -0.330. The van der Waals surface area contributed by atoms with Crippen molar-refractivity contribution in [3.63, 3.8) is 0 Å². The summed E-state index contributed by atoms with van der Waals surface area (Å²) in [5, 5.41) is 3.41. The normalized spacial score (nSPS) is 13.6. The number of anilines is 3. The van der Waals surface area contributed by atoms with Crippen molar-refractivity contribution < 1.29 is 19.1 Å². The number of rotatable bonds is 6. The van der Waals surface area contributed by atoms with E-state index in [0.717, 1.165) is 0 Å². The summed E-state index contributed by atoms with van der Waals surface area (Å²) in [5.74, 6) is 1.39. The number of carbonyl (C=O) groups excluding carboxylic acids is 2. The number of para-hydroxylation sites is 1. The van der Waals surface area contributed by atoms with E-state index in [1.54, 1.807) is 43.4 Å². The maximum Gasteiger partial charge on any atom is 0.233 e. The van der Waals surface area contributed by atoms with Crippen LogP contribution < -0.4 is 25.4 Å². The molecule has 33 heavy (non-hydrogen) atoms. The number of benzene rings is 2. The molecule has 0 radical (unpaired) electrons. The molecule has 3 aromatic rings. The van der Waals surface area contributed by atoms with E-state index in [1.165, 1.54) is 0 Å². The molecule has 1 aliphatic rings. The van der Waals surface area contributed by atoms with Gasteiger partial charge in [0.25, 0.3) is 0 Å². The molecule has 10 heteroatoms. The van der Waals surface area contributed by atoms with Crippen LogP contribution in [0.15, 0.2) is 42.5 Å². The number of nitrogen functional groups attached to an aromatic ring is 1. The quantitative estimate of drug-likeness (QED) is 0.546. The molecule has 4 rings (SSSR count). The lowest BCUT2D eigenvalue weighted by molar-refractivity contribution is -0.134. The molecule has 1 aromatic heterocycles. The molecule has 1 fully saturated rings. The van der Waals surface area contributed by atoms with Crippen molar-refractivity contribution in [1.29, 1.82) is 0 Å². The van der Waals surface area contributed by atoms with Gasteiger partial charge in [0.2, 0.25) is 17.8 Å². The Labute approximate surface area is 191 Å². The molecular formula is C23H26N6O4. The van der Waals surface area contributed by atoms with Gasteiger partial charge in [-0.25, -0.2) is 4.98 Å². The van der Waals surface area contributed by atoms with Gasteiger partial charge in [0, 0.05) is 43.3 Å². The van der Waals surface area contributed by atoms with E-state index in [9.17, 15) is 9.59 Å². The van der Waals surface area contributed by atoms with Gasteiger partial charge in [-0.15, -0.1) is 0 Å². The average molecular weight is 450 g/mol. The van der Waals surface area contributed by atoms with Crippen LogP contribution in [0.2, 0.25) is 0 Å². The molecule has 3 N–H and O–H groups in total. The Morgan fingerprint density at radius 2 is 1.67 bits per heavy atom. The lowest BCUT2D eigenvalue weighted by Gasteiger charge is -2.34. The number of ether oxygens (including phenoxy) is 2. The van der Waals surface area contributed by atoms with Gasteiger partial charge >= 0.3 is 0 Å². The molecule has 0 unspecified atom stereocenters. The number of methoxy groups -OCH3 is 2. The molecule has 0 bridgehead atoms. The second kappa shape index (κ2) is 9.60. The molecule has 1 saturated heterocycles. The zero-order chi connectivity index (χ0) is 23.4. The molecular weight excluding hydrogens is 424 g/mol. The van der Waals surface area contributed by atoms with Gasteiger partial charge in [-0.2, -0.15) is 4.98 Å². The van der Waals surface area contributed by atoms with Gasteiger partial charge in [-0.1, -0.05) is 18.2 Å². The van der Waals surface area contributed by atoms with Crippen molar-refractivity contribution in [2.75, 3.05) is 56.3 Å². The van der Waals surface area contributed by atoms with Crippen LogP contribution in [0.25, 0.3) is 10.9 Å². The lowest BCUT2D eigenvalue weighted by atomic mass is 10.2. The van der Waals surface area contributed by atoms with E-state index in [4.69, 9.17) is 15.2 Å². The maximum absolute atomic E-state index is 12.6. The fourth-order valence-electron chi connectivity index (χ4n) is 3.74. The van der Waals surface area contributed by atoms with Crippen molar-refractivity contribution in [2.24, 2.45) is 0 Å². The Bertz CT molecular complexity index is 1160. The Kier molecular flexibility index (Phi) is 6.43. The van der Waals surface area contributed by atoms with E-state index in [0.29, 0.717) is 66.0 Å². The lowest BCUT2D eigenvalue weighted by Crippen LogP contribution is -2.49. The smallest absolute Gasteiger partial charge is 0.233 e. The Hall–Kier alpha value is -4.08. The summed E-state index contributed by atoms with van der Waals surface area (Å²) in [6, 6.07) is 12.6. The van der Waals surface area contributed by atoms with Gasteiger partial charge in [-0.3, -0.25) is 9.59 Å². The maximum atomic E-state index is 12.6. The first-order valence-electron chi connectivity index (χ1n) is 10.6. The molecule has 10 nitrogen and oxygen atoms in total. The third-order valence-electron chi connectivity index (χ3n) is 5.50. The summed E-state index contributed by atoms with van der Waals surface area (Å²) in [6.07, 6.45) is -0.198. The first-order valence-corrected chi connectivity index (χ1v) is 10.6. The molecule has 2 aromatic carbocycles. The van der Waals surface area contributed by atoms with Crippen LogP contribution in [-0.2, 0) is 9.59 Å². The molecule has 0 aliphatic carbocycles. The highest BCUT2D eigenvalue weighted by Crippen LogP contribution is 2.34. The van der Waals surface area contributed by atoms with Crippen molar-refractivity contribution in [2.45, 2.75) is 6.42 Å². The zero-order valence-electron chi connectivity index (χ0n) is 18.6. The summed E-state index contributed by atoms with van der Waals surface area (Å²) in [5.41, 5.74) is 7.50. The van der Waals surface area contributed by atoms with Crippen molar-refractivity contribution in [3.8, 4) is 11.5 Å². The van der Waals surface area contributed by atoms with Crippen LogP contribution in [0.1, 0.15) is 6.42 Å². The number of nitrogens with two attached hydrogens (primary N) is 1. The van der Waals surface area contributed by atoms with Crippen LogP contribution in [0, 0.1) is 0 Å². The summed E-state index contributed by atoms with van der Waals surface area (Å²) < 4.78 is 10.7. The monoisotopic (exact) mass is 450 g/mol. The third kappa shape index (κ3) is 4.89. The number of hydrogen-bond donors (Lipinski definition) is 2. The number of nitrogens with zero attached hydrogens (tertiary/aromatic N) is 4. The standard InChI is InChI=1S/C23H26N6O4/c1-32-18-12-16-17(13-19(18)33-2)26-23(27-22(16)24)29-10-8-28(9-11-29)21(31)14-20(30)25-15-6-4-3-5-7-15/h3-7,12-13H,8-11,14H2,1-2H3,(H,25,30)(H2,24,26,27). The molecule has 2 amide bonds. The average Bonchev–Trinajstić information content (AvgIpc) is 2.83. The molecule has 0 atom stereocenters. The Balaban J connectivity index is 1.40. The van der Waals surface area contributed by atoms with Gasteiger partial charge < -0.3 is 30.3 Å². The Morgan fingerprint density at radius 3 is 2.33 bits per heavy atom. The summed E-state index contributed by atoms with van der Waals surface area (Å²) in [4.78, 5) is 37.5. The predicted octanol–water partition coefficient (Wildman–Crippen LogP) is 1.91. The highest BCUT2D eigenvalue weighted by atomic mass is 16.5. The fraction of sp³-hybridized carbons (Fsp3) is 0.304. The van der Waals surface area contributed by atoms with E-state index >= 15 is 0 Å². The topological polar surface area (TPSA) is 123 Å². The summed E-state index contributed by atoms with van der Waals surface area (Å²) >= 11 is 0. The Morgan fingerprint density at radius 1 is 1.00 bits per heavy atom. The van der Waals surface area contributed by atoms with Crippen LogP contribution in [0.4, 0.5) is 17.5 Å². The largest absolute Gasteiger partial charge is 0.493 e. The summed E-state index contributed by atoms with van der Waals surface area (Å²) in [7, 11) is 3.12. The first-order chi connectivity index (χ1) is 16.0. The number of piperazine rings is 1. The van der Waals surface area contributed by atoms with Gasteiger partial charge in [0.15, 0.2) is 11.5 Å².